The second-order valence-corrected chi connectivity index (χ2v) is 12.7. The summed E-state index contributed by atoms with van der Waals surface area (Å²) in [6.07, 6.45) is -2.90. The first-order valence-electron chi connectivity index (χ1n) is 14.4. The molecule has 2 aromatic rings. The molecule has 2 fully saturated rings. The van der Waals surface area contributed by atoms with Crippen molar-refractivity contribution in [2.24, 2.45) is 0 Å². The van der Waals surface area contributed by atoms with Crippen molar-refractivity contribution in [2.75, 3.05) is 13.2 Å². The highest BCUT2D eigenvalue weighted by atomic mass is 16.6. The number of cyclic esters (lactones) is 1. The van der Waals surface area contributed by atoms with Crippen LogP contribution in [0.3, 0.4) is 0 Å². The molecule has 2 aromatic carbocycles. The molecule has 2 aliphatic rings. The quantitative estimate of drug-likeness (QED) is 0.412. The highest BCUT2D eigenvalue weighted by Gasteiger charge is 2.51. The van der Waals surface area contributed by atoms with E-state index in [4.69, 9.17) is 18.9 Å². The second kappa shape index (κ2) is 13.0. The zero-order valence-electron chi connectivity index (χ0n) is 25.6. The van der Waals surface area contributed by atoms with Crippen molar-refractivity contribution in [1.29, 1.82) is 0 Å². The predicted molar refractivity (Wildman–Crippen MR) is 157 cm³/mol. The summed E-state index contributed by atoms with van der Waals surface area (Å²) in [7, 11) is 0. The van der Waals surface area contributed by atoms with Crippen LogP contribution in [0.15, 0.2) is 60.7 Å². The number of carbonyl (C=O) groups excluding carboxylic acids is 4. The number of rotatable bonds is 6. The summed E-state index contributed by atoms with van der Waals surface area (Å²) in [5, 5.41) is 2.02. The first kappa shape index (κ1) is 31.8. The summed E-state index contributed by atoms with van der Waals surface area (Å²) in [4.78, 5) is 55.6. The van der Waals surface area contributed by atoms with E-state index in [0.717, 1.165) is 26.0 Å². The Morgan fingerprint density at radius 1 is 0.837 bits per heavy atom. The number of benzene rings is 2. The van der Waals surface area contributed by atoms with E-state index >= 15 is 0 Å². The number of imide groups is 1. The lowest BCUT2D eigenvalue weighted by Gasteiger charge is -2.46. The van der Waals surface area contributed by atoms with Crippen LogP contribution in [-0.4, -0.2) is 81.6 Å². The molecule has 0 aromatic heterocycles. The van der Waals surface area contributed by atoms with Crippen LogP contribution in [0.4, 0.5) is 14.4 Å². The number of amides is 4. The average molecular weight is 596 g/mol. The van der Waals surface area contributed by atoms with E-state index in [0.29, 0.717) is 6.42 Å². The summed E-state index contributed by atoms with van der Waals surface area (Å²) in [6, 6.07) is 17.0. The molecule has 0 aliphatic carbocycles. The van der Waals surface area contributed by atoms with Crippen molar-refractivity contribution in [3.05, 3.63) is 71.8 Å². The topological polar surface area (TPSA) is 115 Å². The maximum atomic E-state index is 14.3. The van der Waals surface area contributed by atoms with Gasteiger partial charge in [-0.25, -0.2) is 29.3 Å². The molecule has 11 heteroatoms. The van der Waals surface area contributed by atoms with Gasteiger partial charge in [-0.1, -0.05) is 60.7 Å². The molecule has 0 saturated carbocycles. The number of ether oxygens (including phenoxy) is 4. The third-order valence-corrected chi connectivity index (χ3v) is 6.73. The first-order chi connectivity index (χ1) is 20.2. The van der Waals surface area contributed by atoms with Crippen molar-refractivity contribution in [3.8, 4) is 0 Å². The van der Waals surface area contributed by atoms with Crippen LogP contribution in [0.2, 0.25) is 0 Å². The summed E-state index contributed by atoms with van der Waals surface area (Å²) in [5.41, 5.74) is -0.0218. The lowest BCUT2D eigenvalue weighted by atomic mass is 10.0. The highest BCUT2D eigenvalue weighted by molar-refractivity contribution is 5.98. The van der Waals surface area contributed by atoms with Gasteiger partial charge in [0.25, 0.3) is 5.91 Å². The number of hydrogen-bond acceptors (Lipinski definition) is 8. The third kappa shape index (κ3) is 8.47. The third-order valence-electron chi connectivity index (χ3n) is 6.73. The fraction of sp³-hybridized carbons (Fsp3) is 0.500. The van der Waals surface area contributed by atoms with Crippen LogP contribution in [0.1, 0.15) is 59.1 Å². The van der Waals surface area contributed by atoms with E-state index in [2.05, 4.69) is 0 Å². The van der Waals surface area contributed by atoms with Crippen LogP contribution in [0, 0.1) is 0 Å². The molecule has 0 bridgehead atoms. The van der Waals surface area contributed by atoms with Gasteiger partial charge in [-0.05, 0) is 59.1 Å². The monoisotopic (exact) mass is 595 g/mol. The van der Waals surface area contributed by atoms with Crippen LogP contribution >= 0.6 is 0 Å². The minimum Gasteiger partial charge on any atom is -0.447 e. The minimum atomic E-state index is -1.32. The molecule has 3 atom stereocenters. The van der Waals surface area contributed by atoms with Crippen molar-refractivity contribution >= 4 is 24.2 Å². The maximum Gasteiger partial charge on any atom is 0.430 e. The van der Waals surface area contributed by atoms with Gasteiger partial charge < -0.3 is 18.9 Å². The minimum absolute atomic E-state index is 0.00232. The number of hydrogen-bond donors (Lipinski definition) is 0. The Kier molecular flexibility index (Phi) is 9.64. The molecule has 2 saturated heterocycles. The molecule has 11 nitrogen and oxygen atoms in total. The Morgan fingerprint density at radius 3 is 1.98 bits per heavy atom. The Hall–Kier alpha value is -4.12. The standard InChI is InChI=1S/C32H41N3O8/c1-31(2,3)42-28(37)33-19-25(40-20-23-15-11-8-12-16-23)18-26(35(33)30(39)43-32(4,5)6)27(36)34-24(21-41-29(34)38)17-22-13-9-7-10-14-22/h7-16,24-26H,17-21H2,1-6H3/t24-,25-,26+/m0/s1. The van der Waals surface area contributed by atoms with Crippen LogP contribution in [-0.2, 0) is 36.8 Å². The molecule has 2 heterocycles. The lowest BCUT2D eigenvalue weighted by molar-refractivity contribution is -0.160. The van der Waals surface area contributed by atoms with Gasteiger partial charge in [0.1, 0.15) is 23.9 Å². The molecule has 232 valence electrons. The molecule has 2 aliphatic heterocycles. The highest BCUT2D eigenvalue weighted by Crippen LogP contribution is 2.30. The molecular formula is C32H41N3O8. The smallest absolute Gasteiger partial charge is 0.430 e. The van der Waals surface area contributed by atoms with Gasteiger partial charge in [0, 0.05) is 6.42 Å². The number of nitrogens with zero attached hydrogens (tertiary/aromatic N) is 3. The van der Waals surface area contributed by atoms with Gasteiger partial charge in [-0.3, -0.25) is 4.79 Å². The molecule has 4 amide bonds. The summed E-state index contributed by atoms with van der Waals surface area (Å²) >= 11 is 0. The molecule has 0 unspecified atom stereocenters. The van der Waals surface area contributed by atoms with Gasteiger partial charge in [0.2, 0.25) is 0 Å². The number of carbonyl (C=O) groups is 4. The van der Waals surface area contributed by atoms with E-state index in [1.165, 1.54) is 0 Å². The SMILES string of the molecule is CC(C)(C)OC(=O)N1C[C@@H](OCc2ccccc2)C[C@H](C(=O)N2C(=O)OC[C@@H]2Cc2ccccc2)N1C(=O)OC(C)(C)C. The van der Waals surface area contributed by atoms with Gasteiger partial charge in [-0.2, -0.15) is 0 Å². The Morgan fingerprint density at radius 2 is 1.40 bits per heavy atom. The summed E-state index contributed by atoms with van der Waals surface area (Å²) in [6.45, 7) is 10.3. The number of hydrazine groups is 1. The Labute approximate surface area is 252 Å². The fourth-order valence-electron chi connectivity index (χ4n) is 4.93. The second-order valence-electron chi connectivity index (χ2n) is 12.7. The Bertz CT molecular complexity index is 1290. The molecule has 0 N–H and O–H groups in total. The van der Waals surface area contributed by atoms with Crippen molar-refractivity contribution < 1.29 is 38.1 Å². The van der Waals surface area contributed by atoms with E-state index in [1.807, 2.05) is 60.7 Å². The fourth-order valence-corrected chi connectivity index (χ4v) is 4.93. The molecule has 43 heavy (non-hydrogen) atoms. The summed E-state index contributed by atoms with van der Waals surface area (Å²) < 4.78 is 22.8. The van der Waals surface area contributed by atoms with Crippen LogP contribution in [0.25, 0.3) is 0 Å². The van der Waals surface area contributed by atoms with E-state index in [1.54, 1.807) is 41.5 Å². The first-order valence-corrected chi connectivity index (χ1v) is 14.4. The largest absolute Gasteiger partial charge is 0.447 e. The van der Waals surface area contributed by atoms with Crippen molar-refractivity contribution in [1.82, 2.24) is 14.9 Å². The van der Waals surface area contributed by atoms with Crippen LogP contribution in [0.5, 0.6) is 0 Å². The zero-order chi connectivity index (χ0) is 31.4. The van der Waals surface area contributed by atoms with E-state index in [-0.39, 0.29) is 26.2 Å². The van der Waals surface area contributed by atoms with Gasteiger partial charge in [0.05, 0.1) is 25.3 Å². The zero-order valence-corrected chi connectivity index (χ0v) is 25.6. The van der Waals surface area contributed by atoms with Crippen molar-refractivity contribution in [2.45, 2.75) is 90.4 Å². The van der Waals surface area contributed by atoms with Crippen molar-refractivity contribution in [3.63, 3.8) is 0 Å². The van der Waals surface area contributed by atoms with E-state index < -0.39 is 53.6 Å². The maximum absolute atomic E-state index is 14.3. The average Bonchev–Trinajstić information content (AvgIpc) is 3.29. The molecular weight excluding hydrogens is 554 g/mol. The van der Waals surface area contributed by atoms with Gasteiger partial charge in [-0.15, -0.1) is 0 Å². The normalized spacial score (nSPS) is 20.9. The molecule has 4 rings (SSSR count). The van der Waals surface area contributed by atoms with Crippen LogP contribution < -0.4 is 0 Å². The van der Waals surface area contributed by atoms with Gasteiger partial charge >= 0.3 is 18.3 Å². The predicted octanol–water partition coefficient (Wildman–Crippen LogP) is 5.32. The molecule has 0 spiro atoms. The molecule has 0 radical (unpaired) electrons. The van der Waals surface area contributed by atoms with E-state index in [9.17, 15) is 19.2 Å². The van der Waals surface area contributed by atoms with Gasteiger partial charge in [0.15, 0.2) is 0 Å². The Balaban J connectivity index is 1.69. The lowest BCUT2D eigenvalue weighted by Crippen LogP contribution is -2.67. The summed E-state index contributed by atoms with van der Waals surface area (Å²) in [5.74, 6) is -0.698.